The molecule has 3 nitrogen and oxygen atoms in total. The standard InChI is InChI=1S/C12H20N2O/c1-4-11-7-10(9-13-5-2)8-12(14-11)15-6-3/h7-8,13H,4-6,9H2,1-3H3. The van der Waals surface area contributed by atoms with E-state index in [1.165, 1.54) is 5.56 Å². The first-order valence-corrected chi connectivity index (χ1v) is 5.63. The second-order valence-corrected chi connectivity index (χ2v) is 3.37. The fraction of sp³-hybridized carbons (Fsp3) is 0.583. The molecule has 1 aromatic rings. The third-order valence-corrected chi connectivity index (χ3v) is 2.15. The van der Waals surface area contributed by atoms with Crippen molar-refractivity contribution in [3.63, 3.8) is 0 Å². The van der Waals surface area contributed by atoms with Crippen molar-refractivity contribution in [1.29, 1.82) is 0 Å². The number of aromatic nitrogens is 1. The van der Waals surface area contributed by atoms with Crippen LogP contribution in [-0.2, 0) is 13.0 Å². The molecule has 0 fully saturated rings. The van der Waals surface area contributed by atoms with Gasteiger partial charge in [0.25, 0.3) is 0 Å². The van der Waals surface area contributed by atoms with Crippen molar-refractivity contribution in [2.75, 3.05) is 13.2 Å². The number of aryl methyl sites for hydroxylation is 1. The Balaban J connectivity index is 2.79. The first-order chi connectivity index (χ1) is 7.30. The SMILES string of the molecule is CCNCc1cc(CC)nc(OCC)c1. The van der Waals surface area contributed by atoms with Gasteiger partial charge in [-0.25, -0.2) is 4.98 Å². The van der Waals surface area contributed by atoms with Gasteiger partial charge in [0.2, 0.25) is 5.88 Å². The maximum atomic E-state index is 5.43. The van der Waals surface area contributed by atoms with Gasteiger partial charge in [0, 0.05) is 18.3 Å². The molecule has 0 radical (unpaired) electrons. The third kappa shape index (κ3) is 3.88. The van der Waals surface area contributed by atoms with Crippen molar-refractivity contribution in [1.82, 2.24) is 10.3 Å². The minimum Gasteiger partial charge on any atom is -0.478 e. The van der Waals surface area contributed by atoms with Crippen molar-refractivity contribution in [2.45, 2.75) is 33.7 Å². The number of ether oxygens (including phenoxy) is 1. The average Bonchev–Trinajstić information content (AvgIpc) is 2.26. The molecule has 0 saturated heterocycles. The molecule has 1 heterocycles. The summed E-state index contributed by atoms with van der Waals surface area (Å²) in [6.45, 7) is 8.71. The molecular weight excluding hydrogens is 188 g/mol. The minimum absolute atomic E-state index is 0.667. The molecule has 0 aliphatic carbocycles. The summed E-state index contributed by atoms with van der Waals surface area (Å²) in [6.07, 6.45) is 0.944. The van der Waals surface area contributed by atoms with Crippen LogP contribution in [0.4, 0.5) is 0 Å². The lowest BCUT2D eigenvalue weighted by atomic mass is 10.2. The molecule has 0 bridgehead atoms. The topological polar surface area (TPSA) is 34.2 Å². The van der Waals surface area contributed by atoms with Gasteiger partial charge in [0.05, 0.1) is 6.61 Å². The molecule has 0 aromatic carbocycles. The first kappa shape index (κ1) is 12.0. The predicted octanol–water partition coefficient (Wildman–Crippen LogP) is 2.15. The predicted molar refractivity (Wildman–Crippen MR) is 62.2 cm³/mol. The van der Waals surface area contributed by atoms with E-state index in [1.807, 2.05) is 13.0 Å². The van der Waals surface area contributed by atoms with Crippen LogP contribution >= 0.6 is 0 Å². The van der Waals surface area contributed by atoms with Gasteiger partial charge in [-0.1, -0.05) is 13.8 Å². The lowest BCUT2D eigenvalue weighted by molar-refractivity contribution is 0.325. The fourth-order valence-corrected chi connectivity index (χ4v) is 1.39. The zero-order valence-electron chi connectivity index (χ0n) is 9.84. The molecule has 15 heavy (non-hydrogen) atoms. The van der Waals surface area contributed by atoms with Crippen LogP contribution in [0.5, 0.6) is 5.88 Å². The van der Waals surface area contributed by atoms with E-state index in [-0.39, 0.29) is 0 Å². The molecule has 1 N–H and O–H groups in total. The number of hydrogen-bond acceptors (Lipinski definition) is 3. The normalized spacial score (nSPS) is 10.3. The van der Waals surface area contributed by atoms with E-state index in [2.05, 4.69) is 30.2 Å². The van der Waals surface area contributed by atoms with Crippen LogP contribution in [0, 0.1) is 0 Å². The van der Waals surface area contributed by atoms with Crippen LogP contribution < -0.4 is 10.1 Å². The van der Waals surface area contributed by atoms with E-state index in [9.17, 15) is 0 Å². The van der Waals surface area contributed by atoms with Crippen molar-refractivity contribution in [3.05, 3.63) is 23.4 Å². The zero-order chi connectivity index (χ0) is 11.1. The average molecular weight is 208 g/mol. The maximum Gasteiger partial charge on any atom is 0.213 e. The molecule has 0 unspecified atom stereocenters. The third-order valence-electron chi connectivity index (χ3n) is 2.15. The summed E-state index contributed by atoms with van der Waals surface area (Å²) in [6, 6.07) is 4.14. The van der Waals surface area contributed by atoms with Crippen LogP contribution in [0.2, 0.25) is 0 Å². The van der Waals surface area contributed by atoms with E-state index in [0.29, 0.717) is 6.61 Å². The van der Waals surface area contributed by atoms with Gasteiger partial charge in [0.15, 0.2) is 0 Å². The van der Waals surface area contributed by atoms with Crippen LogP contribution in [0.3, 0.4) is 0 Å². The number of nitrogens with zero attached hydrogens (tertiary/aromatic N) is 1. The van der Waals surface area contributed by atoms with Gasteiger partial charge in [-0.05, 0) is 31.5 Å². The second kappa shape index (κ2) is 6.40. The van der Waals surface area contributed by atoms with Crippen molar-refractivity contribution >= 4 is 0 Å². The lowest BCUT2D eigenvalue weighted by Crippen LogP contribution is -2.12. The molecule has 1 rings (SSSR count). The summed E-state index contributed by atoms with van der Waals surface area (Å²) in [7, 11) is 0. The van der Waals surface area contributed by atoms with Crippen LogP contribution in [-0.4, -0.2) is 18.1 Å². The Hall–Kier alpha value is -1.09. The molecule has 0 saturated carbocycles. The maximum absolute atomic E-state index is 5.43. The summed E-state index contributed by atoms with van der Waals surface area (Å²) < 4.78 is 5.43. The van der Waals surface area contributed by atoms with Crippen molar-refractivity contribution < 1.29 is 4.74 Å². The number of hydrogen-bond donors (Lipinski definition) is 1. The number of nitrogens with one attached hydrogen (secondary N) is 1. The lowest BCUT2D eigenvalue weighted by Gasteiger charge is -2.08. The zero-order valence-corrected chi connectivity index (χ0v) is 9.84. The van der Waals surface area contributed by atoms with Crippen LogP contribution in [0.1, 0.15) is 32.0 Å². The molecule has 1 aromatic heterocycles. The van der Waals surface area contributed by atoms with E-state index in [1.54, 1.807) is 0 Å². The summed E-state index contributed by atoms with van der Waals surface area (Å²) in [4.78, 5) is 4.40. The second-order valence-electron chi connectivity index (χ2n) is 3.37. The van der Waals surface area contributed by atoms with E-state index < -0.39 is 0 Å². The molecule has 0 amide bonds. The summed E-state index contributed by atoms with van der Waals surface area (Å²) in [5.74, 6) is 0.741. The van der Waals surface area contributed by atoms with Crippen LogP contribution in [0.25, 0.3) is 0 Å². The molecule has 0 spiro atoms. The Kier molecular flexibility index (Phi) is 5.12. The summed E-state index contributed by atoms with van der Waals surface area (Å²) >= 11 is 0. The highest BCUT2D eigenvalue weighted by molar-refractivity contribution is 5.25. The number of pyridine rings is 1. The van der Waals surface area contributed by atoms with Gasteiger partial charge in [-0.3, -0.25) is 0 Å². The van der Waals surface area contributed by atoms with Gasteiger partial charge >= 0.3 is 0 Å². The Morgan fingerprint density at radius 3 is 2.67 bits per heavy atom. The Bertz CT molecular complexity index is 300. The minimum atomic E-state index is 0.667. The van der Waals surface area contributed by atoms with E-state index >= 15 is 0 Å². The van der Waals surface area contributed by atoms with Crippen molar-refractivity contribution in [3.8, 4) is 5.88 Å². The Labute approximate surface area is 91.9 Å². The van der Waals surface area contributed by atoms with Gasteiger partial charge in [-0.15, -0.1) is 0 Å². The quantitative estimate of drug-likeness (QED) is 0.778. The Morgan fingerprint density at radius 2 is 2.07 bits per heavy atom. The molecule has 0 atom stereocenters. The molecule has 3 heteroatoms. The molecular formula is C12H20N2O. The highest BCUT2D eigenvalue weighted by Gasteiger charge is 2.01. The fourth-order valence-electron chi connectivity index (χ4n) is 1.39. The largest absolute Gasteiger partial charge is 0.478 e. The van der Waals surface area contributed by atoms with Gasteiger partial charge < -0.3 is 10.1 Å². The van der Waals surface area contributed by atoms with Crippen molar-refractivity contribution in [2.24, 2.45) is 0 Å². The van der Waals surface area contributed by atoms with Gasteiger partial charge in [0.1, 0.15) is 0 Å². The van der Waals surface area contributed by atoms with Crippen LogP contribution in [0.15, 0.2) is 12.1 Å². The molecule has 0 aliphatic rings. The summed E-state index contributed by atoms with van der Waals surface area (Å²) in [5.41, 5.74) is 2.33. The Morgan fingerprint density at radius 1 is 1.27 bits per heavy atom. The van der Waals surface area contributed by atoms with E-state index in [4.69, 9.17) is 4.74 Å². The molecule has 0 aliphatic heterocycles. The highest BCUT2D eigenvalue weighted by Crippen LogP contribution is 2.13. The number of rotatable bonds is 6. The molecule has 84 valence electrons. The monoisotopic (exact) mass is 208 g/mol. The first-order valence-electron chi connectivity index (χ1n) is 5.63. The smallest absolute Gasteiger partial charge is 0.213 e. The van der Waals surface area contributed by atoms with Gasteiger partial charge in [-0.2, -0.15) is 0 Å². The highest BCUT2D eigenvalue weighted by atomic mass is 16.5. The van der Waals surface area contributed by atoms with E-state index in [0.717, 1.165) is 31.1 Å². The summed E-state index contributed by atoms with van der Waals surface area (Å²) in [5, 5.41) is 3.30.